The third kappa shape index (κ3) is 3.39. The molecule has 0 spiro atoms. The SMILES string of the molecule is CNc1cc(Nc2cnc(C#N)cn2)nnc1C(C)(C)F. The predicted molar refractivity (Wildman–Crippen MR) is 75.7 cm³/mol. The maximum Gasteiger partial charge on any atom is 0.158 e. The van der Waals surface area contributed by atoms with Crippen LogP contribution in [0.4, 0.5) is 21.7 Å². The molecule has 0 radical (unpaired) electrons. The number of hydrogen-bond donors (Lipinski definition) is 2. The van der Waals surface area contributed by atoms with Gasteiger partial charge in [-0.3, -0.25) is 0 Å². The van der Waals surface area contributed by atoms with E-state index in [0.29, 0.717) is 17.3 Å². The van der Waals surface area contributed by atoms with Gasteiger partial charge in [0.15, 0.2) is 17.2 Å². The van der Waals surface area contributed by atoms with E-state index < -0.39 is 5.67 Å². The summed E-state index contributed by atoms with van der Waals surface area (Å²) in [5, 5.41) is 22.2. The minimum Gasteiger partial charge on any atom is -0.386 e. The lowest BCUT2D eigenvalue weighted by Crippen LogP contribution is -2.16. The van der Waals surface area contributed by atoms with E-state index in [0.717, 1.165) is 0 Å². The molecule has 108 valence electrons. The highest BCUT2D eigenvalue weighted by atomic mass is 19.1. The van der Waals surface area contributed by atoms with Crippen LogP contribution in [0.1, 0.15) is 25.2 Å². The smallest absolute Gasteiger partial charge is 0.158 e. The minimum atomic E-state index is -1.60. The molecule has 0 saturated heterocycles. The van der Waals surface area contributed by atoms with Crippen molar-refractivity contribution in [2.75, 3.05) is 17.7 Å². The summed E-state index contributed by atoms with van der Waals surface area (Å²) in [6, 6.07) is 3.51. The van der Waals surface area contributed by atoms with Crippen LogP contribution in [0.15, 0.2) is 18.5 Å². The summed E-state index contributed by atoms with van der Waals surface area (Å²) in [5.41, 5.74) is -0.627. The van der Waals surface area contributed by atoms with E-state index >= 15 is 0 Å². The minimum absolute atomic E-state index is 0.220. The van der Waals surface area contributed by atoms with Crippen LogP contribution in [0.5, 0.6) is 0 Å². The topological polar surface area (TPSA) is 99.4 Å². The van der Waals surface area contributed by atoms with Crippen molar-refractivity contribution < 1.29 is 4.39 Å². The molecule has 2 heterocycles. The Morgan fingerprint density at radius 2 is 1.95 bits per heavy atom. The van der Waals surface area contributed by atoms with Crippen molar-refractivity contribution in [1.29, 1.82) is 5.26 Å². The van der Waals surface area contributed by atoms with Gasteiger partial charge in [0.05, 0.1) is 18.1 Å². The maximum absolute atomic E-state index is 14.0. The molecule has 0 atom stereocenters. The van der Waals surface area contributed by atoms with Crippen molar-refractivity contribution in [3.05, 3.63) is 29.8 Å². The van der Waals surface area contributed by atoms with Crippen LogP contribution in [-0.2, 0) is 5.67 Å². The average molecular weight is 287 g/mol. The first-order valence-electron chi connectivity index (χ1n) is 6.18. The molecule has 0 aliphatic carbocycles. The highest BCUT2D eigenvalue weighted by Gasteiger charge is 2.25. The standard InChI is InChI=1S/C13H14FN7/c1-13(2,14)12-9(16-3)4-10(20-21-12)19-11-7-17-8(5-15)6-18-11/h4,6-7H,1-3H3,(H2,16,18,19,20). The Labute approximate surface area is 121 Å². The van der Waals surface area contributed by atoms with E-state index in [1.165, 1.54) is 26.2 Å². The van der Waals surface area contributed by atoms with Gasteiger partial charge >= 0.3 is 0 Å². The molecule has 21 heavy (non-hydrogen) atoms. The normalized spacial score (nSPS) is 10.8. The van der Waals surface area contributed by atoms with E-state index in [1.54, 1.807) is 13.1 Å². The van der Waals surface area contributed by atoms with Crippen molar-refractivity contribution in [3.8, 4) is 6.07 Å². The van der Waals surface area contributed by atoms with Crippen molar-refractivity contribution in [3.63, 3.8) is 0 Å². The summed E-state index contributed by atoms with van der Waals surface area (Å²) in [5.74, 6) is 0.809. The average Bonchev–Trinajstić information content (AvgIpc) is 2.46. The van der Waals surface area contributed by atoms with Crippen molar-refractivity contribution in [1.82, 2.24) is 20.2 Å². The van der Waals surface area contributed by atoms with Gasteiger partial charge in [-0.25, -0.2) is 14.4 Å². The molecule has 2 rings (SSSR count). The second kappa shape index (κ2) is 5.66. The second-order valence-electron chi connectivity index (χ2n) is 4.74. The lowest BCUT2D eigenvalue weighted by atomic mass is 10.1. The van der Waals surface area contributed by atoms with E-state index in [-0.39, 0.29) is 11.4 Å². The molecule has 0 aliphatic heterocycles. The Bertz CT molecular complexity index is 670. The number of halogens is 1. The number of rotatable bonds is 4. The Morgan fingerprint density at radius 3 is 2.48 bits per heavy atom. The first kappa shape index (κ1) is 14.6. The second-order valence-corrected chi connectivity index (χ2v) is 4.74. The molecular formula is C13H14FN7. The van der Waals surface area contributed by atoms with E-state index in [1.807, 2.05) is 6.07 Å². The van der Waals surface area contributed by atoms with Crippen molar-refractivity contribution >= 4 is 17.3 Å². The van der Waals surface area contributed by atoms with Crippen LogP contribution in [0.2, 0.25) is 0 Å². The molecule has 0 aromatic carbocycles. The Morgan fingerprint density at radius 1 is 1.19 bits per heavy atom. The van der Waals surface area contributed by atoms with Gasteiger partial charge in [0.2, 0.25) is 0 Å². The molecule has 7 nitrogen and oxygen atoms in total. The van der Waals surface area contributed by atoms with Gasteiger partial charge in [-0.2, -0.15) is 5.26 Å². The monoisotopic (exact) mass is 287 g/mol. The predicted octanol–water partition coefficient (Wildman–Crippen LogP) is 2.13. The first-order valence-corrected chi connectivity index (χ1v) is 6.18. The van der Waals surface area contributed by atoms with Crippen LogP contribution >= 0.6 is 0 Å². The van der Waals surface area contributed by atoms with Gasteiger partial charge in [-0.15, -0.1) is 10.2 Å². The molecule has 2 aromatic rings. The quantitative estimate of drug-likeness (QED) is 0.888. The number of nitrogens with zero attached hydrogens (tertiary/aromatic N) is 5. The van der Waals surface area contributed by atoms with Gasteiger partial charge in [-0.1, -0.05) is 0 Å². The van der Waals surface area contributed by atoms with Crippen LogP contribution in [0, 0.1) is 11.3 Å². The Hall–Kier alpha value is -2.82. The van der Waals surface area contributed by atoms with Crippen LogP contribution in [0.3, 0.4) is 0 Å². The summed E-state index contributed by atoms with van der Waals surface area (Å²) >= 11 is 0. The molecule has 0 aliphatic rings. The highest BCUT2D eigenvalue weighted by molar-refractivity contribution is 5.60. The third-order valence-electron chi connectivity index (χ3n) is 2.65. The fraction of sp³-hybridized carbons (Fsp3) is 0.308. The first-order chi connectivity index (χ1) is 9.94. The third-order valence-corrected chi connectivity index (χ3v) is 2.65. The lowest BCUT2D eigenvalue weighted by Gasteiger charge is -2.17. The highest BCUT2D eigenvalue weighted by Crippen LogP contribution is 2.30. The number of aromatic nitrogens is 4. The largest absolute Gasteiger partial charge is 0.386 e. The Balaban J connectivity index is 2.27. The maximum atomic E-state index is 14.0. The van der Waals surface area contributed by atoms with Crippen LogP contribution in [0.25, 0.3) is 0 Å². The summed E-state index contributed by atoms with van der Waals surface area (Å²) in [7, 11) is 1.68. The van der Waals surface area contributed by atoms with Crippen LogP contribution in [-0.4, -0.2) is 27.2 Å². The number of hydrogen-bond acceptors (Lipinski definition) is 7. The van der Waals surface area contributed by atoms with Gasteiger partial charge in [0.25, 0.3) is 0 Å². The van der Waals surface area contributed by atoms with Gasteiger partial charge in [0, 0.05) is 13.1 Å². The molecule has 0 fully saturated rings. The zero-order chi connectivity index (χ0) is 15.5. The number of nitriles is 1. The summed E-state index contributed by atoms with van der Waals surface area (Å²) in [4.78, 5) is 7.90. The summed E-state index contributed by atoms with van der Waals surface area (Å²) in [6.07, 6.45) is 2.75. The molecule has 2 aromatic heterocycles. The van der Waals surface area contributed by atoms with E-state index in [4.69, 9.17) is 5.26 Å². The fourth-order valence-electron chi connectivity index (χ4n) is 1.66. The molecule has 2 N–H and O–H groups in total. The summed E-state index contributed by atoms with van der Waals surface area (Å²) in [6.45, 7) is 2.83. The van der Waals surface area contributed by atoms with Gasteiger partial charge < -0.3 is 10.6 Å². The van der Waals surface area contributed by atoms with Crippen LogP contribution < -0.4 is 10.6 Å². The van der Waals surface area contributed by atoms with E-state index in [2.05, 4.69) is 30.8 Å². The lowest BCUT2D eigenvalue weighted by molar-refractivity contribution is 0.213. The molecule has 0 bridgehead atoms. The molecule has 8 heteroatoms. The van der Waals surface area contributed by atoms with Crippen molar-refractivity contribution in [2.45, 2.75) is 19.5 Å². The summed E-state index contributed by atoms with van der Waals surface area (Å²) < 4.78 is 14.0. The molecule has 0 amide bonds. The zero-order valence-corrected chi connectivity index (χ0v) is 11.8. The number of nitrogens with one attached hydrogen (secondary N) is 2. The van der Waals surface area contributed by atoms with Gasteiger partial charge in [-0.05, 0) is 13.8 Å². The number of alkyl halides is 1. The van der Waals surface area contributed by atoms with E-state index in [9.17, 15) is 4.39 Å². The molecule has 0 unspecified atom stereocenters. The number of anilines is 3. The molecule has 0 saturated carbocycles. The zero-order valence-electron chi connectivity index (χ0n) is 11.8. The molecular weight excluding hydrogens is 273 g/mol. The van der Waals surface area contributed by atoms with Crippen molar-refractivity contribution in [2.24, 2.45) is 0 Å². The Kier molecular flexibility index (Phi) is 3.93. The fourth-order valence-corrected chi connectivity index (χ4v) is 1.66. The van der Waals surface area contributed by atoms with Gasteiger partial charge in [0.1, 0.15) is 17.6 Å².